The van der Waals surface area contributed by atoms with Crippen LogP contribution in [0.1, 0.15) is 17.4 Å². The smallest absolute Gasteiger partial charge is 0.310 e. The van der Waals surface area contributed by atoms with Crippen molar-refractivity contribution in [3.63, 3.8) is 0 Å². The summed E-state index contributed by atoms with van der Waals surface area (Å²) in [5.41, 5.74) is 0.527. The third-order valence-electron chi connectivity index (χ3n) is 6.65. The van der Waals surface area contributed by atoms with E-state index in [4.69, 9.17) is 16.3 Å². The number of likely N-dealkylation sites (tertiary alicyclic amines) is 1. The molecule has 0 radical (unpaired) electrons. The number of carboxylic acid groups (broad SMARTS) is 1. The summed E-state index contributed by atoms with van der Waals surface area (Å²) < 4.78 is 7.63. The number of nitrogens with zero attached hydrogens (tertiary/aromatic N) is 5. The molecule has 10 heteroatoms. The van der Waals surface area contributed by atoms with E-state index in [1.165, 1.54) is 0 Å². The molecule has 1 amide bonds. The van der Waals surface area contributed by atoms with Crippen molar-refractivity contribution in [1.29, 1.82) is 0 Å². The van der Waals surface area contributed by atoms with Crippen molar-refractivity contribution in [2.24, 2.45) is 11.8 Å². The van der Waals surface area contributed by atoms with Crippen LogP contribution in [0.4, 0.5) is 0 Å². The van der Waals surface area contributed by atoms with Crippen LogP contribution < -0.4 is 0 Å². The van der Waals surface area contributed by atoms with Crippen LogP contribution in [0, 0.1) is 11.8 Å². The molecule has 3 aliphatic heterocycles. The Bertz CT molecular complexity index is 1280. The standard InChI is InChI=1S/C23H18ClN5O4/c24-14-6-8-15(9-7-14)29-20(25-26-27-29)19(13-4-2-1-3-5-13)28-12-23-11-10-16(33-23)17(22(31)32)18(23)21(28)30/h1-11,16-19H,12H2,(H,31,32). The van der Waals surface area contributed by atoms with Crippen LogP contribution in [0.15, 0.2) is 66.7 Å². The zero-order valence-corrected chi connectivity index (χ0v) is 17.9. The summed E-state index contributed by atoms with van der Waals surface area (Å²) in [6.07, 6.45) is 3.00. The van der Waals surface area contributed by atoms with Crippen molar-refractivity contribution < 1.29 is 19.4 Å². The lowest BCUT2D eigenvalue weighted by Gasteiger charge is -2.29. The molecule has 0 saturated carbocycles. The quantitative estimate of drug-likeness (QED) is 0.578. The molecule has 4 heterocycles. The van der Waals surface area contributed by atoms with Crippen molar-refractivity contribution in [3.8, 4) is 5.69 Å². The van der Waals surface area contributed by atoms with Crippen LogP contribution >= 0.6 is 11.6 Å². The molecule has 1 spiro atoms. The van der Waals surface area contributed by atoms with Gasteiger partial charge in [0.15, 0.2) is 5.82 Å². The first-order valence-electron chi connectivity index (χ1n) is 10.5. The molecular formula is C23H18ClN5O4. The Morgan fingerprint density at radius 1 is 1.18 bits per heavy atom. The molecule has 1 N–H and O–H groups in total. The predicted molar refractivity (Wildman–Crippen MR) is 116 cm³/mol. The summed E-state index contributed by atoms with van der Waals surface area (Å²) >= 11 is 6.04. The van der Waals surface area contributed by atoms with Crippen LogP contribution in [0.25, 0.3) is 5.69 Å². The number of halogens is 1. The number of aromatic nitrogens is 4. The van der Waals surface area contributed by atoms with E-state index in [2.05, 4.69) is 15.5 Å². The SMILES string of the molecule is O=C(O)C1C2C=CC3(CN(C(c4ccccc4)c4nnnn4-c4ccc(Cl)cc4)C(=O)C13)O2. The largest absolute Gasteiger partial charge is 0.481 e. The van der Waals surface area contributed by atoms with E-state index in [1.807, 2.05) is 36.4 Å². The average molecular weight is 464 g/mol. The van der Waals surface area contributed by atoms with Crippen LogP contribution in [0.3, 0.4) is 0 Å². The van der Waals surface area contributed by atoms with Gasteiger partial charge in [0.25, 0.3) is 0 Å². The van der Waals surface area contributed by atoms with Gasteiger partial charge in [-0.25, -0.2) is 0 Å². The average Bonchev–Trinajstić information content (AvgIpc) is 3.57. The molecule has 5 atom stereocenters. The Hall–Kier alpha value is -3.56. The van der Waals surface area contributed by atoms with E-state index in [-0.39, 0.29) is 12.5 Å². The van der Waals surface area contributed by atoms with Crippen molar-refractivity contribution >= 4 is 23.5 Å². The molecule has 3 aromatic rings. The van der Waals surface area contributed by atoms with Crippen LogP contribution in [-0.4, -0.2) is 60.3 Å². The van der Waals surface area contributed by atoms with Gasteiger partial charge in [0.2, 0.25) is 5.91 Å². The molecule has 2 bridgehead atoms. The van der Waals surface area contributed by atoms with Gasteiger partial charge in [-0.05, 0) is 40.3 Å². The highest BCUT2D eigenvalue weighted by atomic mass is 35.5. The second-order valence-electron chi connectivity index (χ2n) is 8.44. The zero-order valence-electron chi connectivity index (χ0n) is 17.2. The predicted octanol–water partition coefficient (Wildman–Crippen LogP) is 2.27. The van der Waals surface area contributed by atoms with Gasteiger partial charge in [-0.1, -0.05) is 54.1 Å². The first kappa shape index (κ1) is 20.1. The van der Waals surface area contributed by atoms with Crippen LogP contribution in [-0.2, 0) is 14.3 Å². The molecule has 1 aromatic heterocycles. The van der Waals surface area contributed by atoms with E-state index in [0.29, 0.717) is 16.5 Å². The maximum atomic E-state index is 13.7. The summed E-state index contributed by atoms with van der Waals surface area (Å²) in [7, 11) is 0. The number of carbonyl (C=O) groups is 2. The number of ether oxygens (including phenoxy) is 1. The molecule has 2 saturated heterocycles. The van der Waals surface area contributed by atoms with Crippen molar-refractivity contribution in [3.05, 3.63) is 83.2 Å². The van der Waals surface area contributed by atoms with E-state index in [1.54, 1.807) is 39.9 Å². The molecule has 0 aliphatic carbocycles. The first-order chi connectivity index (χ1) is 16.0. The Labute approximate surface area is 193 Å². The number of tetrazole rings is 1. The second-order valence-corrected chi connectivity index (χ2v) is 8.88. The van der Waals surface area contributed by atoms with Gasteiger partial charge in [-0.15, -0.1) is 5.10 Å². The van der Waals surface area contributed by atoms with Gasteiger partial charge < -0.3 is 14.7 Å². The highest BCUT2D eigenvalue weighted by Crippen LogP contribution is 2.53. The Morgan fingerprint density at radius 2 is 1.94 bits per heavy atom. The number of benzene rings is 2. The topological polar surface area (TPSA) is 110 Å². The number of carbonyl (C=O) groups excluding carboxylic acids is 1. The molecule has 9 nitrogen and oxygen atoms in total. The van der Waals surface area contributed by atoms with E-state index >= 15 is 0 Å². The fraction of sp³-hybridized carbons (Fsp3) is 0.261. The van der Waals surface area contributed by atoms with Gasteiger partial charge >= 0.3 is 5.97 Å². The molecule has 6 rings (SSSR count). The minimum Gasteiger partial charge on any atom is -0.481 e. The van der Waals surface area contributed by atoms with E-state index in [9.17, 15) is 14.7 Å². The van der Waals surface area contributed by atoms with Crippen molar-refractivity contribution in [2.75, 3.05) is 6.54 Å². The number of rotatable bonds is 5. The molecule has 166 valence electrons. The molecule has 33 heavy (non-hydrogen) atoms. The molecule has 5 unspecified atom stereocenters. The molecular weight excluding hydrogens is 446 g/mol. The fourth-order valence-electron chi connectivity index (χ4n) is 5.26. The summed E-state index contributed by atoms with van der Waals surface area (Å²) in [5, 5.41) is 22.7. The maximum Gasteiger partial charge on any atom is 0.310 e. The third kappa shape index (κ3) is 2.93. The number of amides is 1. The van der Waals surface area contributed by atoms with Gasteiger partial charge in [0.05, 0.1) is 24.3 Å². The van der Waals surface area contributed by atoms with Gasteiger partial charge in [-0.2, -0.15) is 4.68 Å². The third-order valence-corrected chi connectivity index (χ3v) is 6.90. The Morgan fingerprint density at radius 3 is 2.67 bits per heavy atom. The number of aliphatic carboxylic acids is 1. The number of fused-ring (bicyclic) bond motifs is 1. The van der Waals surface area contributed by atoms with Crippen LogP contribution in [0.5, 0.6) is 0 Å². The minimum atomic E-state index is -1.03. The van der Waals surface area contributed by atoms with Gasteiger partial charge in [0.1, 0.15) is 17.6 Å². The Balaban J connectivity index is 1.47. The normalized spacial score (nSPS) is 28.3. The highest BCUT2D eigenvalue weighted by Gasteiger charge is 2.68. The molecule has 2 fully saturated rings. The van der Waals surface area contributed by atoms with Crippen molar-refractivity contribution in [2.45, 2.75) is 17.7 Å². The van der Waals surface area contributed by atoms with Crippen molar-refractivity contribution in [1.82, 2.24) is 25.1 Å². The first-order valence-corrected chi connectivity index (χ1v) is 10.9. The Kier molecular flexibility index (Phi) is 4.40. The zero-order chi connectivity index (χ0) is 22.7. The van der Waals surface area contributed by atoms with E-state index in [0.717, 1.165) is 5.56 Å². The summed E-state index contributed by atoms with van der Waals surface area (Å²) in [4.78, 5) is 27.4. The maximum absolute atomic E-state index is 13.7. The highest BCUT2D eigenvalue weighted by molar-refractivity contribution is 6.30. The monoisotopic (exact) mass is 463 g/mol. The van der Waals surface area contributed by atoms with Gasteiger partial charge in [0, 0.05) is 5.02 Å². The number of carboxylic acids is 1. The van der Waals surface area contributed by atoms with E-state index < -0.39 is 35.6 Å². The summed E-state index contributed by atoms with van der Waals surface area (Å²) in [6, 6.07) is 15.8. The summed E-state index contributed by atoms with van der Waals surface area (Å²) in [6.45, 7) is 0.209. The summed E-state index contributed by atoms with van der Waals surface area (Å²) in [5.74, 6) is -2.60. The lowest BCUT2D eigenvalue weighted by Crippen LogP contribution is -2.39. The second kappa shape index (κ2) is 7.23. The van der Waals surface area contributed by atoms with Gasteiger partial charge in [-0.3, -0.25) is 9.59 Å². The lowest BCUT2D eigenvalue weighted by molar-refractivity contribution is -0.148. The fourth-order valence-corrected chi connectivity index (χ4v) is 5.39. The lowest BCUT2D eigenvalue weighted by atomic mass is 9.77. The number of hydrogen-bond donors (Lipinski definition) is 1. The molecule has 2 aromatic carbocycles. The number of hydrogen-bond acceptors (Lipinski definition) is 6. The van der Waals surface area contributed by atoms with Crippen LogP contribution in [0.2, 0.25) is 5.02 Å². The molecule has 3 aliphatic rings. The minimum absolute atomic E-state index is 0.209.